The molecule has 0 amide bonds. The van der Waals surface area contributed by atoms with E-state index in [1.54, 1.807) is 0 Å². The van der Waals surface area contributed by atoms with Crippen LogP contribution in [0, 0.1) is 0 Å². The van der Waals surface area contributed by atoms with Gasteiger partial charge in [0.1, 0.15) is 5.56 Å². The van der Waals surface area contributed by atoms with Gasteiger partial charge in [0.15, 0.2) is 0 Å². The average molecular weight is 401 g/mol. The first-order valence-electron chi connectivity index (χ1n) is 5.58. The van der Waals surface area contributed by atoms with Gasteiger partial charge in [-0.15, -0.1) is 0 Å². The molecule has 1 heterocycles. The van der Waals surface area contributed by atoms with Crippen molar-refractivity contribution in [3.8, 4) is 17.0 Å². The van der Waals surface area contributed by atoms with Gasteiger partial charge in [-0.25, -0.2) is 9.78 Å². The van der Waals surface area contributed by atoms with Gasteiger partial charge in [-0.3, -0.25) is 0 Å². The van der Waals surface area contributed by atoms with E-state index in [9.17, 15) is 9.90 Å². The highest BCUT2D eigenvalue weighted by Gasteiger charge is 2.22. The molecule has 1 aromatic carbocycles. The summed E-state index contributed by atoms with van der Waals surface area (Å²) < 4.78 is 4.89. The topological polar surface area (TPSA) is 59.4 Å². The zero-order chi connectivity index (χ0) is 16.6. The number of carboxylic acids is 1. The van der Waals surface area contributed by atoms with Crippen molar-refractivity contribution in [3.05, 3.63) is 42.9 Å². The molecule has 22 heavy (non-hydrogen) atoms. The predicted octanol–water partition coefficient (Wildman–Crippen LogP) is 5.72. The smallest absolute Gasteiger partial charge is 0.341 e. The van der Waals surface area contributed by atoms with E-state index in [0.717, 1.165) is 0 Å². The van der Waals surface area contributed by atoms with Gasteiger partial charge in [-0.1, -0.05) is 58.0 Å². The first-order chi connectivity index (χ1) is 10.3. The summed E-state index contributed by atoms with van der Waals surface area (Å²) in [4.78, 5) is 15.2. The first-order valence-corrected chi connectivity index (χ1v) is 7.47. The van der Waals surface area contributed by atoms with Gasteiger partial charge >= 0.3 is 5.97 Å². The number of benzene rings is 1. The number of methoxy groups -OCH3 is 1. The minimum atomic E-state index is -1.22. The van der Waals surface area contributed by atoms with E-state index in [2.05, 4.69) is 4.98 Å². The second-order valence-corrected chi connectivity index (χ2v) is 5.92. The molecule has 0 unspecified atom stereocenters. The molecule has 9 heteroatoms. The van der Waals surface area contributed by atoms with Gasteiger partial charge < -0.3 is 9.84 Å². The summed E-state index contributed by atoms with van der Waals surface area (Å²) in [6, 6.07) is 1.31. The summed E-state index contributed by atoms with van der Waals surface area (Å²) in [6.45, 7) is 0. The molecule has 0 aliphatic carbocycles. The Labute approximate surface area is 150 Å². The van der Waals surface area contributed by atoms with E-state index in [0.29, 0.717) is 5.56 Å². The van der Waals surface area contributed by atoms with Gasteiger partial charge in [-0.2, -0.15) is 0 Å². The number of aromatic nitrogens is 1. The van der Waals surface area contributed by atoms with Crippen LogP contribution in [0.15, 0.2) is 12.3 Å². The molecular formula is C13H6Cl5NO3. The molecule has 0 fully saturated rings. The van der Waals surface area contributed by atoms with Crippen LogP contribution in [0.5, 0.6) is 5.88 Å². The van der Waals surface area contributed by atoms with Crippen LogP contribution in [0.3, 0.4) is 0 Å². The van der Waals surface area contributed by atoms with Crippen molar-refractivity contribution >= 4 is 64.0 Å². The van der Waals surface area contributed by atoms with E-state index >= 15 is 0 Å². The van der Waals surface area contributed by atoms with E-state index in [-0.39, 0.29) is 42.1 Å². The Hall–Kier alpha value is -0.910. The van der Waals surface area contributed by atoms with Gasteiger partial charge in [0.25, 0.3) is 0 Å². The summed E-state index contributed by atoms with van der Waals surface area (Å²) >= 11 is 30.2. The van der Waals surface area contributed by atoms with Gasteiger partial charge in [0, 0.05) is 17.3 Å². The molecule has 1 N–H and O–H groups in total. The minimum Gasteiger partial charge on any atom is -0.480 e. The van der Waals surface area contributed by atoms with E-state index < -0.39 is 5.97 Å². The highest BCUT2D eigenvalue weighted by atomic mass is 35.5. The molecule has 1 aromatic heterocycles. The lowest BCUT2D eigenvalue weighted by Gasteiger charge is -2.13. The number of pyridine rings is 1. The normalized spacial score (nSPS) is 10.6. The van der Waals surface area contributed by atoms with Crippen LogP contribution in [0.4, 0.5) is 0 Å². The van der Waals surface area contributed by atoms with Gasteiger partial charge in [0.2, 0.25) is 5.88 Å². The monoisotopic (exact) mass is 399 g/mol. The quantitative estimate of drug-likeness (QED) is 0.528. The summed E-state index contributed by atoms with van der Waals surface area (Å²) in [5, 5.41) is 9.34. The third-order valence-electron chi connectivity index (χ3n) is 2.77. The standard InChI is InChI=1S/C13H6Cl5NO3/c1-22-12-5(13(20)21)2-4(3-19-12)6-7(14)9(16)11(18)10(17)8(6)15/h2-3H,1H3,(H,20,21). The summed E-state index contributed by atoms with van der Waals surface area (Å²) in [6.07, 6.45) is 1.35. The van der Waals surface area contributed by atoms with Crippen LogP contribution in [0.1, 0.15) is 10.4 Å². The van der Waals surface area contributed by atoms with Crippen molar-refractivity contribution in [2.75, 3.05) is 7.11 Å². The average Bonchev–Trinajstić information content (AvgIpc) is 2.51. The van der Waals surface area contributed by atoms with Crippen LogP contribution in [-0.2, 0) is 0 Å². The van der Waals surface area contributed by atoms with Crippen molar-refractivity contribution in [2.45, 2.75) is 0 Å². The van der Waals surface area contributed by atoms with Crippen molar-refractivity contribution in [1.29, 1.82) is 0 Å². The summed E-state index contributed by atoms with van der Waals surface area (Å²) in [5.74, 6) is -1.26. The van der Waals surface area contributed by atoms with Crippen LogP contribution < -0.4 is 4.74 Å². The fourth-order valence-corrected chi connectivity index (χ4v) is 3.12. The number of carboxylic acid groups (broad SMARTS) is 1. The highest BCUT2D eigenvalue weighted by Crippen LogP contribution is 2.48. The Kier molecular flexibility index (Phi) is 5.30. The lowest BCUT2D eigenvalue weighted by molar-refractivity contribution is 0.0692. The molecule has 0 atom stereocenters. The molecule has 2 aromatic rings. The Morgan fingerprint density at radius 1 is 1.05 bits per heavy atom. The van der Waals surface area contributed by atoms with Crippen LogP contribution in [-0.4, -0.2) is 23.2 Å². The number of hydrogen-bond donors (Lipinski definition) is 1. The molecular weight excluding hydrogens is 395 g/mol. The second-order valence-electron chi connectivity index (χ2n) is 4.03. The lowest BCUT2D eigenvalue weighted by atomic mass is 10.1. The number of carbonyl (C=O) groups is 1. The second kappa shape index (κ2) is 6.69. The molecule has 4 nitrogen and oxygen atoms in total. The molecule has 2 rings (SSSR count). The fourth-order valence-electron chi connectivity index (χ4n) is 1.76. The zero-order valence-electron chi connectivity index (χ0n) is 10.8. The van der Waals surface area contributed by atoms with Crippen molar-refractivity contribution in [3.63, 3.8) is 0 Å². The Morgan fingerprint density at radius 2 is 1.55 bits per heavy atom. The van der Waals surface area contributed by atoms with Crippen molar-refractivity contribution < 1.29 is 14.6 Å². The third kappa shape index (κ3) is 2.94. The molecule has 0 saturated heterocycles. The van der Waals surface area contributed by atoms with Crippen LogP contribution in [0.25, 0.3) is 11.1 Å². The zero-order valence-corrected chi connectivity index (χ0v) is 14.5. The largest absolute Gasteiger partial charge is 0.480 e. The molecule has 0 aliphatic rings. The molecule has 0 spiro atoms. The number of halogens is 5. The van der Waals surface area contributed by atoms with Crippen LogP contribution in [0.2, 0.25) is 25.1 Å². The Morgan fingerprint density at radius 3 is 2.00 bits per heavy atom. The SMILES string of the molecule is COc1ncc(-c2c(Cl)c(Cl)c(Cl)c(Cl)c2Cl)cc1C(=O)O. The molecule has 0 saturated carbocycles. The number of rotatable bonds is 3. The molecule has 0 radical (unpaired) electrons. The third-order valence-corrected chi connectivity index (χ3v) is 5.05. The maximum Gasteiger partial charge on any atom is 0.341 e. The highest BCUT2D eigenvalue weighted by molar-refractivity contribution is 6.56. The molecule has 0 aliphatic heterocycles. The number of nitrogens with zero attached hydrogens (tertiary/aromatic N) is 1. The van der Waals surface area contributed by atoms with Crippen molar-refractivity contribution in [1.82, 2.24) is 4.98 Å². The predicted molar refractivity (Wildman–Crippen MR) is 88.2 cm³/mol. The van der Waals surface area contributed by atoms with Crippen molar-refractivity contribution in [2.24, 2.45) is 0 Å². The van der Waals surface area contributed by atoms with Gasteiger partial charge in [-0.05, 0) is 6.07 Å². The fraction of sp³-hybridized carbons (Fsp3) is 0.0769. The molecule has 116 valence electrons. The first kappa shape index (κ1) is 17.4. The Balaban J connectivity index is 2.78. The van der Waals surface area contributed by atoms with Gasteiger partial charge in [0.05, 0.1) is 32.2 Å². The molecule has 0 bridgehead atoms. The number of hydrogen-bond acceptors (Lipinski definition) is 3. The Bertz CT molecular complexity index is 750. The maximum atomic E-state index is 11.3. The minimum absolute atomic E-state index is 0.0143. The maximum absolute atomic E-state index is 11.3. The van der Waals surface area contributed by atoms with E-state index in [4.69, 9.17) is 62.7 Å². The number of ether oxygens (including phenoxy) is 1. The number of aromatic carboxylic acids is 1. The summed E-state index contributed by atoms with van der Waals surface area (Å²) in [5.41, 5.74) is 0.392. The van der Waals surface area contributed by atoms with Crippen LogP contribution >= 0.6 is 58.0 Å². The van der Waals surface area contributed by atoms with E-state index in [1.165, 1.54) is 19.4 Å². The lowest BCUT2D eigenvalue weighted by Crippen LogP contribution is -2.03. The summed E-state index contributed by atoms with van der Waals surface area (Å²) in [7, 11) is 1.31. The van der Waals surface area contributed by atoms with E-state index in [1.807, 2.05) is 0 Å².